The molecular weight excluding hydrogens is 266 g/mol. The Morgan fingerprint density at radius 2 is 2.10 bits per heavy atom. The van der Waals surface area contributed by atoms with Gasteiger partial charge in [-0.25, -0.2) is 0 Å². The smallest absolute Gasteiger partial charge is 0.134 e. The van der Waals surface area contributed by atoms with Crippen molar-refractivity contribution < 1.29 is 13.9 Å². The molecule has 0 spiro atoms. The Labute approximate surface area is 125 Å². The van der Waals surface area contributed by atoms with Crippen molar-refractivity contribution in [1.82, 2.24) is 5.32 Å². The molecule has 0 amide bonds. The maximum atomic E-state index is 5.99. The molecule has 1 N–H and O–H groups in total. The first-order chi connectivity index (χ1) is 10.4. The average Bonchev–Trinajstić information content (AvgIpc) is 3.27. The summed E-state index contributed by atoms with van der Waals surface area (Å²) in [6, 6.07) is 8.85. The molecule has 1 fully saturated rings. The number of nitrogens with one attached hydrogen (secondary N) is 1. The van der Waals surface area contributed by atoms with Crippen molar-refractivity contribution in [3.05, 3.63) is 35.6 Å². The van der Waals surface area contributed by atoms with Crippen LogP contribution in [0.25, 0.3) is 11.0 Å². The number of furan rings is 1. The molecule has 1 saturated carbocycles. The fourth-order valence-electron chi connectivity index (χ4n) is 2.45. The van der Waals surface area contributed by atoms with Crippen LogP contribution in [0.5, 0.6) is 0 Å². The van der Waals surface area contributed by atoms with Crippen molar-refractivity contribution in [3.63, 3.8) is 0 Å². The number of ether oxygens (including phenoxy) is 2. The second kappa shape index (κ2) is 7.07. The molecule has 4 heteroatoms. The van der Waals surface area contributed by atoms with Crippen molar-refractivity contribution in [2.24, 2.45) is 0 Å². The van der Waals surface area contributed by atoms with E-state index in [0.717, 1.165) is 36.3 Å². The van der Waals surface area contributed by atoms with E-state index in [-0.39, 0.29) is 0 Å². The zero-order chi connectivity index (χ0) is 14.5. The van der Waals surface area contributed by atoms with Gasteiger partial charge in [-0.1, -0.05) is 18.2 Å². The van der Waals surface area contributed by atoms with E-state index < -0.39 is 0 Å². The van der Waals surface area contributed by atoms with Crippen LogP contribution in [0.1, 0.15) is 30.6 Å². The number of fused-ring (bicyclic) bond motifs is 1. The summed E-state index contributed by atoms with van der Waals surface area (Å²) >= 11 is 0. The highest BCUT2D eigenvalue weighted by Crippen LogP contribution is 2.28. The van der Waals surface area contributed by atoms with Crippen molar-refractivity contribution in [3.8, 4) is 0 Å². The molecule has 21 heavy (non-hydrogen) atoms. The monoisotopic (exact) mass is 289 g/mol. The van der Waals surface area contributed by atoms with E-state index in [0.29, 0.717) is 19.3 Å². The highest BCUT2D eigenvalue weighted by molar-refractivity contribution is 5.82. The predicted molar refractivity (Wildman–Crippen MR) is 82.2 cm³/mol. The third kappa shape index (κ3) is 3.84. The summed E-state index contributed by atoms with van der Waals surface area (Å²) in [6.45, 7) is 2.84. The number of rotatable bonds is 9. The highest BCUT2D eigenvalue weighted by atomic mass is 16.5. The summed E-state index contributed by atoms with van der Waals surface area (Å²) in [7, 11) is 1.71. The second-order valence-electron chi connectivity index (χ2n) is 5.55. The lowest BCUT2D eigenvalue weighted by molar-refractivity contribution is 0.0924. The molecule has 0 radical (unpaired) electrons. The lowest BCUT2D eigenvalue weighted by Gasteiger charge is -2.06. The lowest BCUT2D eigenvalue weighted by Crippen LogP contribution is -2.16. The summed E-state index contributed by atoms with van der Waals surface area (Å²) in [5.74, 6) is 1.01. The van der Waals surface area contributed by atoms with Crippen LogP contribution in [-0.4, -0.2) is 26.4 Å². The van der Waals surface area contributed by atoms with Gasteiger partial charge in [0.1, 0.15) is 11.3 Å². The fraction of sp³-hybridized carbons (Fsp3) is 0.529. The van der Waals surface area contributed by atoms with Crippen molar-refractivity contribution in [2.45, 2.75) is 38.5 Å². The zero-order valence-corrected chi connectivity index (χ0v) is 12.6. The van der Waals surface area contributed by atoms with Gasteiger partial charge in [-0.3, -0.25) is 0 Å². The van der Waals surface area contributed by atoms with Crippen LogP contribution in [-0.2, 0) is 22.6 Å². The van der Waals surface area contributed by atoms with Gasteiger partial charge in [0, 0.05) is 37.3 Å². The maximum Gasteiger partial charge on any atom is 0.134 e. The van der Waals surface area contributed by atoms with Gasteiger partial charge >= 0.3 is 0 Å². The molecule has 0 atom stereocenters. The lowest BCUT2D eigenvalue weighted by atomic mass is 10.1. The van der Waals surface area contributed by atoms with E-state index in [9.17, 15) is 0 Å². The summed E-state index contributed by atoms with van der Waals surface area (Å²) in [5, 5.41) is 4.68. The first kappa shape index (κ1) is 14.6. The number of hydrogen-bond acceptors (Lipinski definition) is 4. The van der Waals surface area contributed by atoms with E-state index in [1.807, 2.05) is 18.2 Å². The molecule has 0 unspecified atom stereocenters. The Balaban J connectivity index is 1.68. The van der Waals surface area contributed by atoms with Crippen LogP contribution in [0, 0.1) is 0 Å². The summed E-state index contributed by atoms with van der Waals surface area (Å²) in [5.41, 5.74) is 2.12. The molecule has 0 aliphatic heterocycles. The molecule has 114 valence electrons. The molecule has 1 aromatic heterocycles. The molecule has 0 saturated heterocycles. The topological polar surface area (TPSA) is 43.6 Å². The van der Waals surface area contributed by atoms with Crippen LogP contribution < -0.4 is 5.32 Å². The summed E-state index contributed by atoms with van der Waals surface area (Å²) in [4.78, 5) is 0. The Bertz CT molecular complexity index is 574. The maximum absolute atomic E-state index is 5.99. The standard InChI is InChI=1S/C17H23NO3/c1-19-9-4-10-20-12-15-14-5-2-3-6-16(14)21-17(15)11-18-13-7-8-13/h2-3,5-6,13,18H,4,7-12H2,1H3. The van der Waals surface area contributed by atoms with E-state index in [1.54, 1.807) is 7.11 Å². The average molecular weight is 289 g/mol. The zero-order valence-electron chi connectivity index (χ0n) is 12.6. The molecular formula is C17H23NO3. The molecule has 3 rings (SSSR count). The largest absolute Gasteiger partial charge is 0.459 e. The Hall–Kier alpha value is -1.36. The quantitative estimate of drug-likeness (QED) is 0.720. The van der Waals surface area contributed by atoms with Gasteiger partial charge < -0.3 is 19.2 Å². The van der Waals surface area contributed by atoms with Gasteiger partial charge in [0.25, 0.3) is 0 Å². The fourth-order valence-corrected chi connectivity index (χ4v) is 2.45. The first-order valence-electron chi connectivity index (χ1n) is 7.68. The second-order valence-corrected chi connectivity index (χ2v) is 5.55. The SMILES string of the molecule is COCCCOCc1c(CNC2CC2)oc2ccccc12. The molecule has 1 aromatic carbocycles. The normalized spacial score (nSPS) is 14.9. The Morgan fingerprint density at radius 3 is 2.90 bits per heavy atom. The van der Waals surface area contributed by atoms with E-state index >= 15 is 0 Å². The van der Waals surface area contributed by atoms with Gasteiger partial charge in [0.15, 0.2) is 0 Å². The van der Waals surface area contributed by atoms with Crippen LogP contribution in [0.3, 0.4) is 0 Å². The van der Waals surface area contributed by atoms with Crippen LogP contribution >= 0.6 is 0 Å². The van der Waals surface area contributed by atoms with Crippen molar-refractivity contribution >= 4 is 11.0 Å². The molecule has 1 aliphatic rings. The number of hydrogen-bond donors (Lipinski definition) is 1. The van der Waals surface area contributed by atoms with Gasteiger partial charge in [-0.2, -0.15) is 0 Å². The highest BCUT2D eigenvalue weighted by Gasteiger charge is 2.22. The molecule has 4 nitrogen and oxygen atoms in total. The van der Waals surface area contributed by atoms with E-state index in [2.05, 4.69) is 11.4 Å². The van der Waals surface area contributed by atoms with Crippen molar-refractivity contribution in [2.75, 3.05) is 20.3 Å². The van der Waals surface area contributed by atoms with Crippen LogP contribution in [0.4, 0.5) is 0 Å². The van der Waals surface area contributed by atoms with Crippen molar-refractivity contribution in [1.29, 1.82) is 0 Å². The molecule has 2 aromatic rings. The Kier molecular flexibility index (Phi) is 4.91. The van der Waals surface area contributed by atoms with Gasteiger partial charge in [-0.05, 0) is 25.3 Å². The first-order valence-corrected chi connectivity index (χ1v) is 7.68. The minimum atomic E-state index is 0.600. The predicted octanol–water partition coefficient (Wildman–Crippen LogP) is 3.24. The number of para-hydroxylation sites is 1. The minimum Gasteiger partial charge on any atom is -0.459 e. The van der Waals surface area contributed by atoms with Gasteiger partial charge in [0.05, 0.1) is 13.2 Å². The van der Waals surface area contributed by atoms with Gasteiger partial charge in [-0.15, -0.1) is 0 Å². The number of benzene rings is 1. The van der Waals surface area contributed by atoms with E-state index in [1.165, 1.54) is 18.4 Å². The third-order valence-corrected chi connectivity index (χ3v) is 3.79. The van der Waals surface area contributed by atoms with E-state index in [4.69, 9.17) is 13.9 Å². The molecule has 0 bridgehead atoms. The Morgan fingerprint density at radius 1 is 1.24 bits per heavy atom. The third-order valence-electron chi connectivity index (χ3n) is 3.79. The molecule has 1 aliphatic carbocycles. The number of methoxy groups -OCH3 is 1. The summed E-state index contributed by atoms with van der Waals surface area (Å²) in [6.07, 6.45) is 3.48. The van der Waals surface area contributed by atoms with Crippen LogP contribution in [0.15, 0.2) is 28.7 Å². The summed E-state index contributed by atoms with van der Waals surface area (Å²) < 4.78 is 16.8. The van der Waals surface area contributed by atoms with Crippen LogP contribution in [0.2, 0.25) is 0 Å². The van der Waals surface area contributed by atoms with Gasteiger partial charge in [0.2, 0.25) is 0 Å². The molecule has 1 heterocycles. The minimum absolute atomic E-state index is 0.600.